The highest BCUT2D eigenvalue weighted by Gasteiger charge is 2.16. The second kappa shape index (κ2) is 9.48. The highest BCUT2D eigenvalue weighted by atomic mass is 35.5. The number of non-ortho nitro benzene ring substituents is 1. The van der Waals surface area contributed by atoms with Gasteiger partial charge < -0.3 is 9.88 Å². The molecule has 3 aromatic rings. The van der Waals surface area contributed by atoms with Crippen LogP contribution in [0.15, 0.2) is 47.9 Å². The quantitative estimate of drug-likeness (QED) is 0.324. The average Bonchev–Trinajstić information content (AvgIpc) is 3.11. The van der Waals surface area contributed by atoms with Crippen LogP contribution in [0.1, 0.15) is 13.3 Å². The maximum atomic E-state index is 12.3. The van der Waals surface area contributed by atoms with Crippen LogP contribution < -0.4 is 5.32 Å². The number of nitrogens with one attached hydrogen (secondary N) is 1. The van der Waals surface area contributed by atoms with E-state index in [4.69, 9.17) is 11.6 Å². The van der Waals surface area contributed by atoms with Crippen molar-refractivity contribution < 1.29 is 9.72 Å². The van der Waals surface area contributed by atoms with Crippen LogP contribution in [0.5, 0.6) is 0 Å². The molecule has 11 heteroatoms. The standard InChI is InChI=1S/C18H17ClN6O3S/c1-2-9-24-17(12-5-7-20-8-6-12)22-23-18(24)29-11-16(26)21-15-4-3-13(25(27)28)10-14(15)19/h3-8,10H,2,9,11H2,1H3,(H,21,26). The summed E-state index contributed by atoms with van der Waals surface area (Å²) >= 11 is 7.27. The molecule has 0 saturated heterocycles. The minimum atomic E-state index is -0.547. The van der Waals surface area contributed by atoms with Gasteiger partial charge in [0, 0.05) is 36.6 Å². The molecule has 3 rings (SSSR count). The Morgan fingerprint density at radius 1 is 1.28 bits per heavy atom. The fourth-order valence-electron chi connectivity index (χ4n) is 2.57. The Kier molecular flexibility index (Phi) is 6.78. The molecule has 29 heavy (non-hydrogen) atoms. The molecule has 0 atom stereocenters. The van der Waals surface area contributed by atoms with Gasteiger partial charge in [-0.2, -0.15) is 0 Å². The Morgan fingerprint density at radius 3 is 2.69 bits per heavy atom. The third-order valence-corrected chi connectivity index (χ3v) is 5.15. The molecule has 0 aliphatic heterocycles. The van der Waals surface area contributed by atoms with E-state index in [-0.39, 0.29) is 22.4 Å². The number of benzene rings is 1. The third kappa shape index (κ3) is 5.09. The number of nitro benzene ring substituents is 1. The van der Waals surface area contributed by atoms with Crippen molar-refractivity contribution in [3.63, 3.8) is 0 Å². The van der Waals surface area contributed by atoms with Crippen molar-refractivity contribution in [1.29, 1.82) is 0 Å². The first-order chi connectivity index (χ1) is 14.0. The second-order valence-electron chi connectivity index (χ2n) is 5.95. The molecule has 150 valence electrons. The van der Waals surface area contributed by atoms with Crippen molar-refractivity contribution in [2.24, 2.45) is 0 Å². The molecular weight excluding hydrogens is 416 g/mol. The monoisotopic (exact) mass is 432 g/mol. The molecular formula is C18H17ClN6O3S. The number of anilines is 1. The lowest BCUT2D eigenvalue weighted by Gasteiger charge is -2.09. The van der Waals surface area contributed by atoms with E-state index in [0.29, 0.717) is 17.4 Å². The number of nitrogens with zero attached hydrogens (tertiary/aromatic N) is 5. The first kappa shape index (κ1) is 20.7. The Labute approximate surface area is 175 Å². The molecule has 1 amide bonds. The summed E-state index contributed by atoms with van der Waals surface area (Å²) < 4.78 is 1.96. The predicted molar refractivity (Wildman–Crippen MR) is 111 cm³/mol. The van der Waals surface area contributed by atoms with E-state index in [1.807, 2.05) is 23.6 Å². The molecule has 0 aliphatic rings. The van der Waals surface area contributed by atoms with Crippen molar-refractivity contribution in [2.75, 3.05) is 11.1 Å². The predicted octanol–water partition coefficient (Wildman–Crippen LogP) is 4.04. The Morgan fingerprint density at radius 2 is 2.03 bits per heavy atom. The molecule has 0 saturated carbocycles. The molecule has 0 aliphatic carbocycles. The number of carbonyl (C=O) groups excluding carboxylic acids is 1. The van der Waals surface area contributed by atoms with Gasteiger partial charge in [-0.15, -0.1) is 10.2 Å². The minimum absolute atomic E-state index is 0.0888. The van der Waals surface area contributed by atoms with Crippen LogP contribution in [-0.2, 0) is 11.3 Å². The maximum Gasteiger partial charge on any atom is 0.271 e. The van der Waals surface area contributed by atoms with Gasteiger partial charge in [0.2, 0.25) is 5.91 Å². The van der Waals surface area contributed by atoms with Crippen molar-refractivity contribution in [2.45, 2.75) is 25.0 Å². The molecule has 0 spiro atoms. The summed E-state index contributed by atoms with van der Waals surface area (Å²) in [5, 5.41) is 22.6. The second-order valence-corrected chi connectivity index (χ2v) is 7.30. The lowest BCUT2D eigenvalue weighted by atomic mass is 10.2. The number of aromatic nitrogens is 4. The third-order valence-electron chi connectivity index (χ3n) is 3.87. The van der Waals surface area contributed by atoms with Crippen molar-refractivity contribution in [3.05, 3.63) is 57.9 Å². The van der Waals surface area contributed by atoms with Gasteiger partial charge in [-0.3, -0.25) is 19.9 Å². The zero-order valence-electron chi connectivity index (χ0n) is 15.4. The minimum Gasteiger partial charge on any atom is -0.324 e. The number of hydrogen-bond acceptors (Lipinski definition) is 7. The van der Waals surface area contributed by atoms with Gasteiger partial charge in [0.05, 0.1) is 21.4 Å². The van der Waals surface area contributed by atoms with Crippen LogP contribution in [-0.4, -0.2) is 36.3 Å². The van der Waals surface area contributed by atoms with Gasteiger partial charge in [0.15, 0.2) is 11.0 Å². The molecule has 0 bridgehead atoms. The van der Waals surface area contributed by atoms with Crippen molar-refractivity contribution >= 4 is 40.6 Å². The van der Waals surface area contributed by atoms with Gasteiger partial charge in [0.25, 0.3) is 5.69 Å². The molecule has 0 unspecified atom stereocenters. The molecule has 0 fully saturated rings. The smallest absolute Gasteiger partial charge is 0.271 e. The molecule has 2 heterocycles. The fraction of sp³-hybridized carbons (Fsp3) is 0.222. The lowest BCUT2D eigenvalue weighted by Crippen LogP contribution is -2.15. The van der Waals surface area contributed by atoms with E-state index in [0.717, 1.165) is 17.8 Å². The van der Waals surface area contributed by atoms with Gasteiger partial charge >= 0.3 is 0 Å². The zero-order valence-corrected chi connectivity index (χ0v) is 17.0. The molecule has 9 nitrogen and oxygen atoms in total. The van der Waals surface area contributed by atoms with Crippen LogP contribution in [0.2, 0.25) is 5.02 Å². The SMILES string of the molecule is CCCn1c(SCC(=O)Nc2ccc([N+](=O)[O-])cc2Cl)nnc1-c1ccncc1. The molecule has 1 aromatic carbocycles. The number of amides is 1. The highest BCUT2D eigenvalue weighted by molar-refractivity contribution is 7.99. The fourth-order valence-corrected chi connectivity index (χ4v) is 3.56. The van der Waals surface area contributed by atoms with E-state index in [2.05, 4.69) is 20.5 Å². The summed E-state index contributed by atoms with van der Waals surface area (Å²) in [5.74, 6) is 0.503. The summed E-state index contributed by atoms with van der Waals surface area (Å²) in [5.41, 5.74) is 1.07. The van der Waals surface area contributed by atoms with E-state index in [1.165, 1.54) is 30.0 Å². The number of hydrogen-bond donors (Lipinski definition) is 1. The van der Waals surface area contributed by atoms with Crippen molar-refractivity contribution in [3.8, 4) is 11.4 Å². The topological polar surface area (TPSA) is 116 Å². The number of carbonyl (C=O) groups is 1. The van der Waals surface area contributed by atoms with Gasteiger partial charge in [-0.05, 0) is 24.6 Å². The van der Waals surface area contributed by atoms with Crippen molar-refractivity contribution in [1.82, 2.24) is 19.7 Å². The summed E-state index contributed by atoms with van der Waals surface area (Å²) in [7, 11) is 0. The largest absolute Gasteiger partial charge is 0.324 e. The van der Waals surface area contributed by atoms with E-state index < -0.39 is 4.92 Å². The van der Waals surface area contributed by atoms with Crippen LogP contribution in [0, 0.1) is 10.1 Å². The summed E-state index contributed by atoms with van der Waals surface area (Å²) in [4.78, 5) is 26.5. The molecule has 0 radical (unpaired) electrons. The Hall–Kier alpha value is -2.98. The summed E-state index contributed by atoms with van der Waals surface area (Å²) in [6.07, 6.45) is 4.26. The summed E-state index contributed by atoms with van der Waals surface area (Å²) in [6.45, 7) is 2.76. The van der Waals surface area contributed by atoms with Crippen LogP contribution in [0.25, 0.3) is 11.4 Å². The highest BCUT2D eigenvalue weighted by Crippen LogP contribution is 2.28. The van der Waals surface area contributed by atoms with Gasteiger partial charge in [-0.1, -0.05) is 30.3 Å². The Balaban J connectivity index is 1.69. The normalized spacial score (nSPS) is 10.7. The Bertz CT molecular complexity index is 1030. The number of halogens is 1. The first-order valence-electron chi connectivity index (χ1n) is 8.69. The zero-order chi connectivity index (χ0) is 20.8. The number of nitro groups is 1. The van der Waals surface area contributed by atoms with Crippen LogP contribution in [0.3, 0.4) is 0 Å². The van der Waals surface area contributed by atoms with E-state index >= 15 is 0 Å². The maximum absolute atomic E-state index is 12.3. The number of thioether (sulfide) groups is 1. The first-order valence-corrected chi connectivity index (χ1v) is 10.1. The summed E-state index contributed by atoms with van der Waals surface area (Å²) in [6, 6.07) is 7.60. The molecule has 1 N–H and O–H groups in total. The van der Waals surface area contributed by atoms with Crippen LogP contribution >= 0.6 is 23.4 Å². The van der Waals surface area contributed by atoms with Crippen LogP contribution in [0.4, 0.5) is 11.4 Å². The van der Waals surface area contributed by atoms with Gasteiger partial charge in [-0.25, -0.2) is 0 Å². The van der Waals surface area contributed by atoms with E-state index in [9.17, 15) is 14.9 Å². The van der Waals surface area contributed by atoms with Gasteiger partial charge in [0.1, 0.15) is 0 Å². The average molecular weight is 433 g/mol. The number of pyridine rings is 1. The lowest BCUT2D eigenvalue weighted by molar-refractivity contribution is -0.384. The van der Waals surface area contributed by atoms with E-state index in [1.54, 1.807) is 12.4 Å². The molecule has 2 aromatic heterocycles. The number of rotatable bonds is 8.